The first-order chi connectivity index (χ1) is 18.6. The van der Waals surface area contributed by atoms with Gasteiger partial charge in [-0.1, -0.05) is 30.5 Å². The molecule has 1 amide bonds. The third-order valence-corrected chi connectivity index (χ3v) is 10.5. The number of ether oxygens (including phenoxy) is 1. The lowest BCUT2D eigenvalue weighted by atomic mass is 9.46. The Hall–Kier alpha value is -3.12. The van der Waals surface area contributed by atoms with Crippen LogP contribution in [0, 0.1) is 40.9 Å². The third kappa shape index (κ3) is 4.77. The molecule has 1 heterocycles. The van der Waals surface area contributed by atoms with Crippen molar-refractivity contribution in [3.05, 3.63) is 29.9 Å². The van der Waals surface area contributed by atoms with Crippen LogP contribution in [0.25, 0.3) is 0 Å². The molecule has 39 heavy (non-hydrogen) atoms. The predicted molar refractivity (Wildman–Crippen MR) is 145 cm³/mol. The van der Waals surface area contributed by atoms with Gasteiger partial charge >= 0.3 is 5.97 Å². The van der Waals surface area contributed by atoms with Gasteiger partial charge in [-0.2, -0.15) is 0 Å². The fraction of sp³-hybridized carbons (Fsp3) is 0.667. The number of esters is 1. The number of hydrogen-bond donors (Lipinski definition) is 3. The van der Waals surface area contributed by atoms with Crippen LogP contribution in [0.2, 0.25) is 0 Å². The van der Waals surface area contributed by atoms with Crippen LogP contribution in [0.4, 0.5) is 0 Å². The molecule has 1 aromatic heterocycles. The molecule has 0 spiro atoms. The van der Waals surface area contributed by atoms with E-state index in [1.54, 1.807) is 6.20 Å². The Balaban J connectivity index is 1.20. The average molecular weight is 537 g/mol. The Labute approximate surface area is 230 Å². The van der Waals surface area contributed by atoms with Gasteiger partial charge in [-0.15, -0.1) is 6.42 Å². The van der Waals surface area contributed by atoms with E-state index in [1.165, 1.54) is 19.0 Å². The van der Waals surface area contributed by atoms with Crippen molar-refractivity contribution in [3.63, 3.8) is 0 Å². The first-order valence-electron chi connectivity index (χ1n) is 14.1. The number of fused-ring (bicyclic) bond motifs is 5. The summed E-state index contributed by atoms with van der Waals surface area (Å²) in [6, 6.07) is -0.847. The molecular formula is C30H40N4O5. The van der Waals surface area contributed by atoms with Gasteiger partial charge in [-0.25, -0.2) is 9.78 Å². The molecule has 4 aliphatic rings. The van der Waals surface area contributed by atoms with Crippen LogP contribution in [-0.2, 0) is 25.6 Å². The molecule has 9 heteroatoms. The summed E-state index contributed by atoms with van der Waals surface area (Å²) in [6.45, 7) is 4.33. The van der Waals surface area contributed by atoms with E-state index in [4.69, 9.17) is 16.0 Å². The normalized spacial score (nSPS) is 36.9. The van der Waals surface area contributed by atoms with Gasteiger partial charge in [0.05, 0.1) is 19.1 Å². The van der Waals surface area contributed by atoms with Crippen molar-refractivity contribution in [2.45, 2.75) is 83.3 Å². The van der Waals surface area contributed by atoms with E-state index < -0.39 is 23.5 Å². The topological polar surface area (TPSA) is 126 Å². The van der Waals surface area contributed by atoms with Crippen molar-refractivity contribution in [2.75, 3.05) is 13.7 Å². The Kier molecular flexibility index (Phi) is 7.36. The predicted octanol–water partition coefficient (Wildman–Crippen LogP) is 3.31. The van der Waals surface area contributed by atoms with E-state index in [0.29, 0.717) is 29.9 Å². The maximum Gasteiger partial charge on any atom is 0.328 e. The van der Waals surface area contributed by atoms with Crippen molar-refractivity contribution in [1.82, 2.24) is 15.3 Å². The van der Waals surface area contributed by atoms with Crippen LogP contribution in [-0.4, -0.2) is 58.0 Å². The molecule has 7 atom stereocenters. The molecule has 3 fully saturated rings. The lowest BCUT2D eigenvalue weighted by Gasteiger charge is -2.58. The summed E-state index contributed by atoms with van der Waals surface area (Å²) in [4.78, 5) is 36.9. The minimum Gasteiger partial charge on any atom is -0.467 e. The zero-order valence-electron chi connectivity index (χ0n) is 23.2. The summed E-state index contributed by atoms with van der Waals surface area (Å²) in [5.41, 5.74) is 1.91. The van der Waals surface area contributed by atoms with Gasteiger partial charge in [-0.3, -0.25) is 4.79 Å². The second kappa shape index (κ2) is 10.5. The van der Waals surface area contributed by atoms with Gasteiger partial charge in [0.25, 0.3) is 5.91 Å². The standard InChI is InChI=1S/C30H40N4O5/c1-5-30(37)13-10-24-22-7-6-19-14-20(8-11-28(19,2)23(22)9-12-29(24,30)3)34-39-17-26(35)33-25(27(36)38-4)15-21-16-31-18-32-21/h1,14,16,18,22-25,37H,6-13,15,17H2,2-4H3,(H,31,32)(H,33,35)/b34-20+/t22?,23?,24?,25?,28-,29-,30+/m0/s1. The lowest BCUT2D eigenvalue weighted by Crippen LogP contribution is -2.54. The van der Waals surface area contributed by atoms with Crippen molar-refractivity contribution in [2.24, 2.45) is 33.7 Å². The second-order valence-electron chi connectivity index (χ2n) is 12.3. The number of hydrogen-bond acceptors (Lipinski definition) is 7. The number of nitrogens with one attached hydrogen (secondary N) is 2. The third-order valence-electron chi connectivity index (χ3n) is 10.5. The minimum atomic E-state index is -0.981. The van der Waals surface area contributed by atoms with Crippen LogP contribution in [0.5, 0.6) is 0 Å². The molecule has 0 radical (unpaired) electrons. The highest BCUT2D eigenvalue weighted by Gasteiger charge is 2.63. The van der Waals surface area contributed by atoms with Crippen LogP contribution in [0.3, 0.4) is 0 Å². The van der Waals surface area contributed by atoms with E-state index in [2.05, 4.69) is 46.3 Å². The molecule has 3 saturated carbocycles. The average Bonchev–Trinajstić information content (AvgIpc) is 3.53. The van der Waals surface area contributed by atoms with Crippen LogP contribution in [0.1, 0.15) is 70.9 Å². The van der Waals surface area contributed by atoms with Gasteiger partial charge < -0.3 is 25.0 Å². The quantitative estimate of drug-likeness (QED) is 0.279. The van der Waals surface area contributed by atoms with Gasteiger partial charge in [0.15, 0.2) is 6.61 Å². The van der Waals surface area contributed by atoms with E-state index >= 15 is 0 Å². The summed E-state index contributed by atoms with van der Waals surface area (Å²) >= 11 is 0. The molecule has 3 N–H and O–H groups in total. The molecule has 9 nitrogen and oxygen atoms in total. The molecule has 0 aliphatic heterocycles. The summed E-state index contributed by atoms with van der Waals surface area (Å²) in [7, 11) is 1.28. The smallest absolute Gasteiger partial charge is 0.328 e. The molecule has 0 bridgehead atoms. The lowest BCUT2D eigenvalue weighted by molar-refractivity contribution is -0.145. The summed E-state index contributed by atoms with van der Waals surface area (Å²) < 4.78 is 4.82. The number of imidazole rings is 1. The Morgan fingerprint density at radius 2 is 2.05 bits per heavy atom. The Bertz CT molecular complexity index is 1200. The van der Waals surface area contributed by atoms with Crippen LogP contribution >= 0.6 is 0 Å². The molecule has 210 valence electrons. The molecule has 0 aromatic carbocycles. The Morgan fingerprint density at radius 1 is 1.26 bits per heavy atom. The highest BCUT2D eigenvalue weighted by molar-refractivity contribution is 5.96. The number of carbonyl (C=O) groups excluding carboxylic acids is 2. The molecule has 4 aliphatic carbocycles. The van der Waals surface area contributed by atoms with Crippen LogP contribution < -0.4 is 5.32 Å². The number of aliphatic hydroxyl groups is 1. The largest absolute Gasteiger partial charge is 0.467 e. The van der Waals surface area contributed by atoms with Crippen molar-refractivity contribution in [3.8, 4) is 12.3 Å². The Morgan fingerprint density at radius 3 is 2.77 bits per heavy atom. The number of aromatic amines is 1. The molecule has 1 aromatic rings. The van der Waals surface area contributed by atoms with E-state index in [9.17, 15) is 14.7 Å². The molecule has 0 saturated heterocycles. The zero-order chi connectivity index (χ0) is 27.8. The number of aromatic nitrogens is 2. The van der Waals surface area contributed by atoms with E-state index in [0.717, 1.165) is 50.7 Å². The highest BCUT2D eigenvalue weighted by atomic mass is 16.6. The minimum absolute atomic E-state index is 0.109. The number of terminal acetylenes is 1. The first-order valence-corrected chi connectivity index (χ1v) is 14.1. The maximum absolute atomic E-state index is 12.5. The number of allylic oxidation sites excluding steroid dienone is 2. The van der Waals surface area contributed by atoms with E-state index in [-0.39, 0.29) is 23.9 Å². The van der Waals surface area contributed by atoms with Gasteiger partial charge in [-0.05, 0) is 80.6 Å². The zero-order valence-corrected chi connectivity index (χ0v) is 23.2. The van der Waals surface area contributed by atoms with Crippen molar-refractivity contribution in [1.29, 1.82) is 0 Å². The fourth-order valence-corrected chi connectivity index (χ4v) is 8.26. The van der Waals surface area contributed by atoms with Crippen molar-refractivity contribution >= 4 is 17.6 Å². The monoisotopic (exact) mass is 536 g/mol. The molecular weight excluding hydrogens is 496 g/mol. The number of H-pyrrole nitrogens is 1. The number of methoxy groups -OCH3 is 1. The van der Waals surface area contributed by atoms with E-state index in [1.807, 2.05) is 0 Å². The van der Waals surface area contributed by atoms with Gasteiger partial charge in [0.2, 0.25) is 0 Å². The maximum atomic E-state index is 12.5. The second-order valence-corrected chi connectivity index (χ2v) is 12.3. The SMILES string of the molecule is C#C[C@@]1(O)CCC2C3CCC4=C/C(=N/OCC(=O)NC(Cc5cnc[nH]5)C(=O)OC)CC[C@]4(C)C3CC[C@@]21C. The van der Waals surface area contributed by atoms with Crippen molar-refractivity contribution < 1.29 is 24.3 Å². The summed E-state index contributed by atoms with van der Waals surface area (Å²) in [6.07, 6.45) is 19.0. The first kappa shape index (κ1) is 27.4. The number of oxime groups is 1. The summed E-state index contributed by atoms with van der Waals surface area (Å²) in [5.74, 6) is 3.40. The fourth-order valence-electron chi connectivity index (χ4n) is 8.26. The number of amides is 1. The highest BCUT2D eigenvalue weighted by Crippen LogP contribution is 2.67. The number of rotatable bonds is 7. The van der Waals surface area contributed by atoms with Crippen LogP contribution in [0.15, 0.2) is 29.3 Å². The molecule has 5 rings (SSSR count). The molecule has 4 unspecified atom stereocenters. The number of carbonyl (C=O) groups is 2. The summed E-state index contributed by atoms with van der Waals surface area (Å²) in [5, 5.41) is 18.2. The number of nitrogens with zero attached hydrogens (tertiary/aromatic N) is 2. The van der Waals surface area contributed by atoms with Gasteiger partial charge in [0.1, 0.15) is 11.6 Å². The van der Waals surface area contributed by atoms with Gasteiger partial charge in [0, 0.05) is 23.7 Å².